The molecule has 4 N–H and O–H groups in total. The summed E-state index contributed by atoms with van der Waals surface area (Å²) >= 11 is 1.43. The van der Waals surface area contributed by atoms with Crippen LogP contribution >= 0.6 is 11.3 Å². The molecule has 2 aromatic heterocycles. The number of rotatable bonds is 6. The van der Waals surface area contributed by atoms with Crippen molar-refractivity contribution < 1.29 is 22.0 Å². The predicted molar refractivity (Wildman–Crippen MR) is 109 cm³/mol. The first-order valence-electron chi connectivity index (χ1n) is 9.41. The van der Waals surface area contributed by atoms with Crippen LogP contribution in [-0.4, -0.2) is 22.6 Å². The Balaban J connectivity index is 1.35. The first kappa shape index (κ1) is 21.3. The van der Waals surface area contributed by atoms with Gasteiger partial charge in [0, 0.05) is 29.6 Å². The molecule has 0 bridgehead atoms. The van der Waals surface area contributed by atoms with Crippen molar-refractivity contribution in [2.45, 2.75) is 31.0 Å². The lowest BCUT2D eigenvalue weighted by molar-refractivity contribution is -0.140. The summed E-state index contributed by atoms with van der Waals surface area (Å²) in [7, 11) is 0. The summed E-state index contributed by atoms with van der Waals surface area (Å²) in [5.74, 6) is -1.77. The second-order valence-corrected chi connectivity index (χ2v) is 8.29. The number of oxazole rings is 1. The van der Waals surface area contributed by atoms with Gasteiger partial charge in [-0.15, -0.1) is 11.3 Å². The second kappa shape index (κ2) is 8.31. The average molecular weight is 454 g/mol. The van der Waals surface area contributed by atoms with Gasteiger partial charge in [0.25, 0.3) is 0 Å². The zero-order valence-electron chi connectivity index (χ0n) is 16.0. The van der Waals surface area contributed by atoms with Crippen LogP contribution in [0.1, 0.15) is 28.3 Å². The fourth-order valence-corrected chi connectivity index (χ4v) is 4.27. The van der Waals surface area contributed by atoms with E-state index >= 15 is 0 Å². The molecular weight excluding hydrogens is 436 g/mol. The molecule has 31 heavy (non-hydrogen) atoms. The van der Waals surface area contributed by atoms with Crippen molar-refractivity contribution in [3.8, 4) is 0 Å². The molecule has 0 spiro atoms. The maximum absolute atomic E-state index is 13.7. The number of hydrogen-bond donors (Lipinski definition) is 3. The van der Waals surface area contributed by atoms with Gasteiger partial charge in [0.1, 0.15) is 5.82 Å². The largest absolute Gasteiger partial charge is 0.419 e. The summed E-state index contributed by atoms with van der Waals surface area (Å²) in [6.45, 7) is 0.312. The van der Waals surface area contributed by atoms with E-state index in [2.05, 4.69) is 15.3 Å². The van der Waals surface area contributed by atoms with Gasteiger partial charge < -0.3 is 15.5 Å². The minimum absolute atomic E-state index is 0.0308. The van der Waals surface area contributed by atoms with Crippen molar-refractivity contribution in [2.24, 2.45) is 5.73 Å². The average Bonchev–Trinajstić information content (AvgIpc) is 3.30. The lowest BCUT2D eigenvalue weighted by atomic mass is 10.0. The standard InChI is InChI=1S/C20H18F4N4O2S/c21-14-6-10(1-3-13(14)20(22,23)24)5-12(25)8-26-18-27-9-17(31-18)11-2-4-15-16(7-11)30-19(29)28-15/h1,3-4,6-7,9,11-12H,2,5,8,25H2,(H,26,27)(H,28,29). The fourth-order valence-electron chi connectivity index (χ4n) is 3.37. The molecule has 0 saturated carbocycles. The van der Waals surface area contributed by atoms with E-state index in [0.717, 1.165) is 17.0 Å². The molecule has 1 aromatic carbocycles. The molecule has 4 rings (SSSR count). The zero-order valence-corrected chi connectivity index (χ0v) is 16.8. The summed E-state index contributed by atoms with van der Waals surface area (Å²) in [4.78, 5) is 19.2. The van der Waals surface area contributed by atoms with E-state index in [1.54, 1.807) is 6.20 Å². The molecule has 0 fully saturated rings. The van der Waals surface area contributed by atoms with Crippen LogP contribution in [0.3, 0.4) is 0 Å². The van der Waals surface area contributed by atoms with Gasteiger partial charge >= 0.3 is 11.9 Å². The minimum Gasteiger partial charge on any atom is -0.408 e. The quantitative estimate of drug-likeness (QED) is 0.497. The van der Waals surface area contributed by atoms with Crippen LogP contribution in [0, 0.1) is 5.82 Å². The first-order valence-corrected chi connectivity index (χ1v) is 10.2. The van der Waals surface area contributed by atoms with Gasteiger partial charge in [-0.3, -0.25) is 4.98 Å². The smallest absolute Gasteiger partial charge is 0.408 e. The highest BCUT2D eigenvalue weighted by Crippen LogP contribution is 2.32. The van der Waals surface area contributed by atoms with Gasteiger partial charge in [0.05, 0.1) is 10.9 Å². The number of halogens is 4. The maximum atomic E-state index is 13.7. The minimum atomic E-state index is -4.73. The number of aromatic nitrogens is 2. The monoisotopic (exact) mass is 454 g/mol. The van der Waals surface area contributed by atoms with Gasteiger partial charge in [-0.05, 0) is 36.6 Å². The van der Waals surface area contributed by atoms with E-state index in [9.17, 15) is 22.4 Å². The molecule has 1 aliphatic rings. The SMILES string of the molecule is NC(CNc1ncc(C2C=c3oc(=O)[nH]c3=CC2)s1)Cc1ccc(C(F)(F)F)c(F)c1. The molecule has 164 valence electrons. The lowest BCUT2D eigenvalue weighted by Gasteiger charge is -2.14. The number of nitrogens with two attached hydrogens (primary N) is 1. The third kappa shape index (κ3) is 4.88. The van der Waals surface area contributed by atoms with Gasteiger partial charge in [0.15, 0.2) is 10.5 Å². The van der Waals surface area contributed by atoms with Crippen LogP contribution in [0.5, 0.6) is 0 Å². The number of thiazole rings is 1. The molecule has 2 atom stereocenters. The molecule has 0 aliphatic heterocycles. The number of benzene rings is 1. The van der Waals surface area contributed by atoms with Crippen molar-refractivity contribution >= 4 is 28.6 Å². The van der Waals surface area contributed by atoms with E-state index in [-0.39, 0.29) is 12.3 Å². The molecule has 0 saturated heterocycles. The van der Waals surface area contributed by atoms with E-state index in [1.807, 2.05) is 12.2 Å². The Kier molecular flexibility index (Phi) is 5.71. The van der Waals surface area contributed by atoms with E-state index in [1.165, 1.54) is 17.4 Å². The number of alkyl halides is 3. The maximum Gasteiger partial charge on any atom is 0.419 e. The molecule has 2 heterocycles. The fraction of sp³-hybridized carbons (Fsp3) is 0.300. The Morgan fingerprint density at radius 1 is 1.39 bits per heavy atom. The van der Waals surface area contributed by atoms with Gasteiger partial charge in [-0.25, -0.2) is 14.2 Å². The summed E-state index contributed by atoms with van der Waals surface area (Å²) < 4.78 is 56.8. The number of H-pyrrole nitrogens is 1. The molecule has 2 unspecified atom stereocenters. The number of aromatic amines is 1. The Morgan fingerprint density at radius 2 is 2.19 bits per heavy atom. The van der Waals surface area contributed by atoms with Crippen molar-refractivity contribution in [2.75, 3.05) is 11.9 Å². The van der Waals surface area contributed by atoms with E-state index < -0.39 is 29.4 Å². The van der Waals surface area contributed by atoms with Crippen LogP contribution < -0.4 is 27.6 Å². The second-order valence-electron chi connectivity index (χ2n) is 7.23. The Morgan fingerprint density at radius 3 is 2.94 bits per heavy atom. The number of anilines is 1. The van der Waals surface area contributed by atoms with Gasteiger partial charge in [-0.1, -0.05) is 12.1 Å². The van der Waals surface area contributed by atoms with Crippen LogP contribution in [0.15, 0.2) is 33.6 Å². The Labute approximate surface area is 177 Å². The highest BCUT2D eigenvalue weighted by Gasteiger charge is 2.33. The van der Waals surface area contributed by atoms with Crippen molar-refractivity contribution in [3.63, 3.8) is 0 Å². The summed E-state index contributed by atoms with van der Waals surface area (Å²) in [5.41, 5.74) is 5.65. The summed E-state index contributed by atoms with van der Waals surface area (Å²) in [5, 5.41) is 4.42. The molecule has 6 nitrogen and oxygen atoms in total. The number of hydrogen-bond acceptors (Lipinski definition) is 6. The molecule has 0 amide bonds. The zero-order chi connectivity index (χ0) is 22.2. The normalized spacial score (nSPS) is 16.9. The van der Waals surface area contributed by atoms with Crippen LogP contribution in [0.4, 0.5) is 22.7 Å². The Bertz CT molecular complexity index is 1260. The van der Waals surface area contributed by atoms with E-state index in [0.29, 0.717) is 34.4 Å². The highest BCUT2D eigenvalue weighted by molar-refractivity contribution is 7.15. The third-order valence-corrected chi connectivity index (χ3v) is 5.96. The molecule has 3 aromatic rings. The number of nitrogens with one attached hydrogen (secondary N) is 2. The number of fused-ring (bicyclic) bond motifs is 1. The number of nitrogens with zero attached hydrogens (tertiary/aromatic N) is 1. The Hall–Kier alpha value is -2.92. The molecular formula is C20H18F4N4O2S. The van der Waals surface area contributed by atoms with Crippen LogP contribution in [0.25, 0.3) is 12.2 Å². The molecule has 1 aliphatic carbocycles. The third-order valence-electron chi connectivity index (χ3n) is 4.87. The molecule has 11 heteroatoms. The first-order chi connectivity index (χ1) is 14.7. The van der Waals surface area contributed by atoms with Crippen molar-refractivity contribution in [1.29, 1.82) is 0 Å². The van der Waals surface area contributed by atoms with E-state index in [4.69, 9.17) is 10.2 Å². The molecule has 0 radical (unpaired) electrons. The highest BCUT2D eigenvalue weighted by atomic mass is 32.1. The van der Waals surface area contributed by atoms with Crippen LogP contribution in [0.2, 0.25) is 0 Å². The lowest BCUT2D eigenvalue weighted by Crippen LogP contribution is -2.31. The summed E-state index contributed by atoms with van der Waals surface area (Å²) in [6.07, 6.45) is 1.68. The predicted octanol–water partition coefficient (Wildman–Crippen LogP) is 2.31. The van der Waals surface area contributed by atoms with Gasteiger partial charge in [0.2, 0.25) is 0 Å². The van der Waals surface area contributed by atoms with Crippen molar-refractivity contribution in [3.05, 3.63) is 67.5 Å². The van der Waals surface area contributed by atoms with Gasteiger partial charge in [-0.2, -0.15) is 13.2 Å². The van der Waals surface area contributed by atoms with Crippen molar-refractivity contribution in [1.82, 2.24) is 9.97 Å². The summed E-state index contributed by atoms with van der Waals surface area (Å²) in [6, 6.07) is 2.38. The van der Waals surface area contributed by atoms with Crippen LogP contribution in [-0.2, 0) is 12.6 Å². The topological polar surface area (TPSA) is 96.9 Å².